The Labute approximate surface area is 130 Å². The number of carbonyl (C=O) groups is 1. The molecular formula is C17H20N4O. The van der Waals surface area contributed by atoms with Crippen molar-refractivity contribution in [1.29, 1.82) is 0 Å². The minimum absolute atomic E-state index is 0.0154. The number of nitrogens with zero attached hydrogens (tertiary/aromatic N) is 4. The van der Waals surface area contributed by atoms with Crippen LogP contribution >= 0.6 is 0 Å². The third kappa shape index (κ3) is 2.54. The number of aromatic nitrogens is 2. The largest absolute Gasteiger partial charge is 0.339 e. The Bertz CT molecular complexity index is 665. The van der Waals surface area contributed by atoms with Gasteiger partial charge in [0.2, 0.25) is 5.95 Å². The van der Waals surface area contributed by atoms with Crippen molar-refractivity contribution in [3.63, 3.8) is 0 Å². The highest BCUT2D eigenvalue weighted by Crippen LogP contribution is 2.31. The lowest BCUT2D eigenvalue weighted by atomic mass is 10.2. The lowest BCUT2D eigenvalue weighted by molar-refractivity contribution is 0.0772. The van der Waals surface area contributed by atoms with Crippen molar-refractivity contribution in [1.82, 2.24) is 14.9 Å². The molecule has 0 N–H and O–H groups in total. The maximum absolute atomic E-state index is 12.3. The lowest BCUT2D eigenvalue weighted by Crippen LogP contribution is -2.30. The Balaban J connectivity index is 1.82. The molecule has 0 fully saturated rings. The van der Waals surface area contributed by atoms with Crippen LogP contribution in [-0.2, 0) is 6.42 Å². The van der Waals surface area contributed by atoms with E-state index >= 15 is 0 Å². The standard InChI is InChI=1S/C17H20N4O/c1-3-20(4-2)16(22)14-11-18-17(19-12-14)21-10-9-13-7-5-6-8-15(13)21/h5-8,11-12H,3-4,9-10H2,1-2H3. The van der Waals surface area contributed by atoms with E-state index in [9.17, 15) is 4.79 Å². The van der Waals surface area contributed by atoms with Gasteiger partial charge < -0.3 is 9.80 Å². The first kappa shape index (κ1) is 14.5. The molecule has 0 aliphatic carbocycles. The van der Waals surface area contributed by atoms with Gasteiger partial charge in [-0.1, -0.05) is 18.2 Å². The molecule has 0 atom stereocenters. The van der Waals surface area contributed by atoms with E-state index in [0.717, 1.165) is 18.7 Å². The maximum atomic E-state index is 12.3. The first-order valence-electron chi connectivity index (χ1n) is 7.71. The van der Waals surface area contributed by atoms with Crippen LogP contribution in [0.15, 0.2) is 36.7 Å². The van der Waals surface area contributed by atoms with Crippen molar-refractivity contribution in [3.05, 3.63) is 47.8 Å². The fourth-order valence-electron chi connectivity index (χ4n) is 2.81. The average Bonchev–Trinajstić information content (AvgIpc) is 3.00. The topological polar surface area (TPSA) is 49.3 Å². The second-order valence-electron chi connectivity index (χ2n) is 5.28. The monoisotopic (exact) mass is 296 g/mol. The summed E-state index contributed by atoms with van der Waals surface area (Å²) in [6.07, 6.45) is 4.26. The van der Waals surface area contributed by atoms with Crippen molar-refractivity contribution >= 4 is 17.5 Å². The number of rotatable bonds is 4. The van der Waals surface area contributed by atoms with Gasteiger partial charge in [-0.05, 0) is 31.9 Å². The smallest absolute Gasteiger partial charge is 0.256 e. The molecule has 1 aliphatic heterocycles. The SMILES string of the molecule is CCN(CC)C(=O)c1cnc(N2CCc3ccccc32)nc1. The number of hydrogen-bond donors (Lipinski definition) is 0. The van der Waals surface area contributed by atoms with E-state index in [1.807, 2.05) is 19.9 Å². The number of para-hydroxylation sites is 1. The van der Waals surface area contributed by atoms with E-state index in [4.69, 9.17) is 0 Å². The molecule has 0 spiro atoms. The predicted octanol–water partition coefficient (Wildman–Crippen LogP) is 2.65. The summed E-state index contributed by atoms with van der Waals surface area (Å²) in [5.74, 6) is 0.638. The van der Waals surface area contributed by atoms with Gasteiger partial charge in [0.1, 0.15) is 0 Å². The second-order valence-corrected chi connectivity index (χ2v) is 5.28. The fraction of sp³-hybridized carbons (Fsp3) is 0.353. The summed E-state index contributed by atoms with van der Waals surface area (Å²) in [4.78, 5) is 24.9. The molecule has 0 radical (unpaired) electrons. The molecule has 2 aromatic rings. The summed E-state index contributed by atoms with van der Waals surface area (Å²) in [5, 5.41) is 0. The molecule has 1 aliphatic rings. The Morgan fingerprint density at radius 3 is 2.55 bits per heavy atom. The van der Waals surface area contributed by atoms with Crippen LogP contribution in [0.25, 0.3) is 0 Å². The van der Waals surface area contributed by atoms with Crippen LogP contribution in [-0.4, -0.2) is 40.4 Å². The molecule has 1 amide bonds. The van der Waals surface area contributed by atoms with E-state index in [1.54, 1.807) is 17.3 Å². The van der Waals surface area contributed by atoms with Crippen molar-refractivity contribution in [3.8, 4) is 0 Å². The van der Waals surface area contributed by atoms with Crippen LogP contribution in [0.4, 0.5) is 11.6 Å². The molecule has 5 nitrogen and oxygen atoms in total. The van der Waals surface area contributed by atoms with Crippen molar-refractivity contribution in [2.24, 2.45) is 0 Å². The Hall–Kier alpha value is -2.43. The van der Waals surface area contributed by atoms with Gasteiger partial charge in [0, 0.05) is 37.7 Å². The number of carbonyl (C=O) groups excluding carboxylic acids is 1. The molecular weight excluding hydrogens is 276 g/mol. The van der Waals surface area contributed by atoms with Gasteiger partial charge in [0.05, 0.1) is 5.56 Å². The van der Waals surface area contributed by atoms with Crippen LogP contribution < -0.4 is 4.90 Å². The van der Waals surface area contributed by atoms with Crippen molar-refractivity contribution < 1.29 is 4.79 Å². The Kier molecular flexibility index (Phi) is 4.04. The molecule has 0 saturated carbocycles. The van der Waals surface area contributed by atoms with E-state index in [-0.39, 0.29) is 5.91 Å². The minimum Gasteiger partial charge on any atom is -0.339 e. The van der Waals surface area contributed by atoms with Gasteiger partial charge in [0.15, 0.2) is 0 Å². The van der Waals surface area contributed by atoms with Gasteiger partial charge in [0.25, 0.3) is 5.91 Å². The van der Waals surface area contributed by atoms with Crippen LogP contribution in [0.2, 0.25) is 0 Å². The van der Waals surface area contributed by atoms with Gasteiger partial charge in [-0.25, -0.2) is 9.97 Å². The summed E-state index contributed by atoms with van der Waals surface area (Å²) in [6, 6.07) is 8.29. The fourth-order valence-corrected chi connectivity index (χ4v) is 2.81. The van der Waals surface area contributed by atoms with Crippen molar-refractivity contribution in [2.45, 2.75) is 20.3 Å². The van der Waals surface area contributed by atoms with Crippen LogP contribution in [0, 0.1) is 0 Å². The Morgan fingerprint density at radius 1 is 1.18 bits per heavy atom. The number of benzene rings is 1. The summed E-state index contributed by atoms with van der Waals surface area (Å²) in [5.41, 5.74) is 3.01. The molecule has 5 heteroatoms. The lowest BCUT2D eigenvalue weighted by Gasteiger charge is -2.19. The van der Waals surface area contributed by atoms with Gasteiger partial charge in [-0.15, -0.1) is 0 Å². The highest BCUT2D eigenvalue weighted by molar-refractivity contribution is 5.93. The molecule has 114 valence electrons. The molecule has 0 unspecified atom stereocenters. The van der Waals surface area contributed by atoms with Crippen molar-refractivity contribution in [2.75, 3.05) is 24.5 Å². The molecule has 1 aromatic heterocycles. The molecule has 1 aromatic carbocycles. The van der Waals surface area contributed by atoms with Crippen LogP contribution in [0.3, 0.4) is 0 Å². The van der Waals surface area contributed by atoms with E-state index in [2.05, 4.69) is 33.1 Å². The minimum atomic E-state index is -0.0154. The quantitative estimate of drug-likeness (QED) is 0.870. The zero-order valence-electron chi connectivity index (χ0n) is 13.0. The first-order valence-corrected chi connectivity index (χ1v) is 7.71. The number of amides is 1. The van der Waals surface area contributed by atoms with E-state index in [1.165, 1.54) is 5.56 Å². The summed E-state index contributed by atoms with van der Waals surface area (Å²) in [7, 11) is 0. The van der Waals surface area contributed by atoms with Crippen LogP contribution in [0.1, 0.15) is 29.8 Å². The molecule has 3 rings (SSSR count). The van der Waals surface area contributed by atoms with Gasteiger partial charge in [-0.2, -0.15) is 0 Å². The molecule has 0 bridgehead atoms. The Morgan fingerprint density at radius 2 is 1.86 bits per heavy atom. The number of fused-ring (bicyclic) bond motifs is 1. The van der Waals surface area contributed by atoms with Crippen LogP contribution in [0.5, 0.6) is 0 Å². The normalized spacial score (nSPS) is 13.1. The predicted molar refractivity (Wildman–Crippen MR) is 86.4 cm³/mol. The maximum Gasteiger partial charge on any atom is 0.256 e. The summed E-state index contributed by atoms with van der Waals surface area (Å²) < 4.78 is 0. The number of anilines is 2. The number of hydrogen-bond acceptors (Lipinski definition) is 4. The van der Waals surface area contributed by atoms with E-state index in [0.29, 0.717) is 24.6 Å². The molecule has 0 saturated heterocycles. The highest BCUT2D eigenvalue weighted by atomic mass is 16.2. The highest BCUT2D eigenvalue weighted by Gasteiger charge is 2.22. The summed E-state index contributed by atoms with van der Waals surface area (Å²) >= 11 is 0. The summed E-state index contributed by atoms with van der Waals surface area (Å²) in [6.45, 7) is 6.20. The second kappa shape index (κ2) is 6.13. The zero-order valence-corrected chi connectivity index (χ0v) is 13.0. The third-order valence-electron chi connectivity index (χ3n) is 4.06. The zero-order chi connectivity index (χ0) is 15.5. The van der Waals surface area contributed by atoms with E-state index < -0.39 is 0 Å². The molecule has 22 heavy (non-hydrogen) atoms. The first-order chi connectivity index (χ1) is 10.7. The third-order valence-corrected chi connectivity index (χ3v) is 4.06. The van der Waals surface area contributed by atoms with Gasteiger partial charge >= 0.3 is 0 Å². The average molecular weight is 296 g/mol. The molecule has 2 heterocycles. The van der Waals surface area contributed by atoms with Gasteiger partial charge in [-0.3, -0.25) is 4.79 Å².